The van der Waals surface area contributed by atoms with Crippen LogP contribution in [0, 0.1) is 12.7 Å². The molecule has 0 aliphatic heterocycles. The van der Waals surface area contributed by atoms with Crippen LogP contribution in [0.2, 0.25) is 0 Å². The van der Waals surface area contributed by atoms with Crippen molar-refractivity contribution in [3.63, 3.8) is 0 Å². The Kier molecular flexibility index (Phi) is 3.93. The van der Waals surface area contributed by atoms with Crippen LogP contribution in [-0.4, -0.2) is 28.1 Å². The molecule has 3 N–H and O–H groups in total. The van der Waals surface area contributed by atoms with Crippen molar-refractivity contribution < 1.29 is 14.3 Å². The first-order chi connectivity index (χ1) is 10.9. The fourth-order valence-electron chi connectivity index (χ4n) is 3.19. The lowest BCUT2D eigenvalue weighted by Crippen LogP contribution is -2.42. The Morgan fingerprint density at radius 3 is 2.78 bits per heavy atom. The van der Waals surface area contributed by atoms with E-state index < -0.39 is 22.8 Å². The van der Waals surface area contributed by atoms with Crippen LogP contribution in [0.25, 0.3) is 10.9 Å². The Morgan fingerprint density at radius 2 is 2.09 bits per heavy atom. The van der Waals surface area contributed by atoms with Gasteiger partial charge in [-0.15, -0.1) is 0 Å². The van der Waals surface area contributed by atoms with Crippen LogP contribution in [0.5, 0.6) is 0 Å². The second-order valence-electron chi connectivity index (χ2n) is 6.29. The first-order valence-corrected chi connectivity index (χ1v) is 7.72. The first-order valence-electron chi connectivity index (χ1n) is 7.72. The maximum atomic E-state index is 13.5. The number of pyridine rings is 1. The lowest BCUT2D eigenvalue weighted by atomic mass is 10.0. The molecule has 1 saturated carbocycles. The van der Waals surface area contributed by atoms with Gasteiger partial charge < -0.3 is 15.4 Å². The second-order valence-corrected chi connectivity index (χ2v) is 6.29. The summed E-state index contributed by atoms with van der Waals surface area (Å²) in [6.45, 7) is 1.81. The molecule has 0 atom stereocenters. The lowest BCUT2D eigenvalue weighted by molar-refractivity contribution is 0.0449. The summed E-state index contributed by atoms with van der Waals surface area (Å²) in [7, 11) is 0. The van der Waals surface area contributed by atoms with Crippen LogP contribution in [-0.2, 0) is 0 Å². The Bertz CT molecular complexity index is 822. The van der Waals surface area contributed by atoms with Gasteiger partial charge in [-0.3, -0.25) is 9.59 Å². The molecule has 122 valence electrons. The molecule has 0 unspecified atom stereocenters. The number of fused-ring (bicyclic) bond motifs is 1. The lowest BCUT2D eigenvalue weighted by Gasteiger charge is -2.22. The molecule has 23 heavy (non-hydrogen) atoms. The highest BCUT2D eigenvalue weighted by molar-refractivity contribution is 5.97. The number of amides is 1. The molecule has 1 amide bonds. The SMILES string of the molecule is Cc1cc(F)cc2c(=O)c(C(=O)NCC3(O)CCCC3)c[nH]c12. The van der Waals surface area contributed by atoms with E-state index in [9.17, 15) is 19.1 Å². The summed E-state index contributed by atoms with van der Waals surface area (Å²) >= 11 is 0. The van der Waals surface area contributed by atoms with E-state index in [2.05, 4.69) is 10.3 Å². The molecule has 1 heterocycles. The normalized spacial score (nSPS) is 16.7. The Balaban J connectivity index is 1.89. The van der Waals surface area contributed by atoms with Crippen molar-refractivity contribution in [1.29, 1.82) is 0 Å². The Morgan fingerprint density at radius 1 is 1.39 bits per heavy atom. The molecular formula is C17H19FN2O3. The van der Waals surface area contributed by atoms with Gasteiger partial charge in [0.05, 0.1) is 11.1 Å². The molecule has 0 saturated heterocycles. The predicted molar refractivity (Wildman–Crippen MR) is 85.0 cm³/mol. The second kappa shape index (κ2) is 5.77. The fourth-order valence-corrected chi connectivity index (χ4v) is 3.19. The molecule has 1 aliphatic carbocycles. The number of carbonyl (C=O) groups excluding carboxylic acids is 1. The molecule has 6 heteroatoms. The zero-order valence-corrected chi connectivity index (χ0v) is 12.9. The summed E-state index contributed by atoms with van der Waals surface area (Å²) in [4.78, 5) is 27.6. The third-order valence-electron chi connectivity index (χ3n) is 4.51. The standard InChI is InChI=1S/C17H19FN2O3/c1-10-6-11(18)7-12-14(10)19-8-13(15(12)21)16(22)20-9-17(23)4-2-3-5-17/h6-8,23H,2-5,9H2,1H3,(H,19,21)(H,20,22). The minimum absolute atomic E-state index is 0.0795. The van der Waals surface area contributed by atoms with Gasteiger partial charge in [0.2, 0.25) is 5.43 Å². The zero-order chi connectivity index (χ0) is 16.6. The number of halogens is 1. The first kappa shape index (κ1) is 15.7. The molecule has 1 aromatic heterocycles. The highest BCUT2D eigenvalue weighted by Gasteiger charge is 2.31. The van der Waals surface area contributed by atoms with Crippen LogP contribution in [0.15, 0.2) is 23.1 Å². The number of hydrogen-bond acceptors (Lipinski definition) is 3. The smallest absolute Gasteiger partial charge is 0.256 e. The van der Waals surface area contributed by atoms with Crippen molar-refractivity contribution in [3.8, 4) is 0 Å². The van der Waals surface area contributed by atoms with E-state index in [1.165, 1.54) is 12.3 Å². The van der Waals surface area contributed by atoms with Gasteiger partial charge >= 0.3 is 0 Å². The molecule has 2 aromatic rings. The van der Waals surface area contributed by atoms with Crippen LogP contribution >= 0.6 is 0 Å². The number of carbonyl (C=O) groups is 1. The number of rotatable bonds is 3. The fraction of sp³-hybridized carbons (Fsp3) is 0.412. The molecule has 0 bridgehead atoms. The van der Waals surface area contributed by atoms with Gasteiger partial charge in [-0.1, -0.05) is 12.8 Å². The number of H-pyrrole nitrogens is 1. The number of hydrogen-bond donors (Lipinski definition) is 3. The van der Waals surface area contributed by atoms with Crippen molar-refractivity contribution in [2.45, 2.75) is 38.2 Å². The minimum atomic E-state index is -0.887. The Hall–Kier alpha value is -2.21. The molecular weight excluding hydrogens is 299 g/mol. The van der Waals surface area contributed by atoms with E-state index in [1.54, 1.807) is 6.92 Å². The Labute approximate surface area is 132 Å². The van der Waals surface area contributed by atoms with E-state index in [4.69, 9.17) is 0 Å². The highest BCUT2D eigenvalue weighted by Crippen LogP contribution is 2.28. The third kappa shape index (κ3) is 2.99. The number of aromatic amines is 1. The van der Waals surface area contributed by atoms with E-state index in [0.717, 1.165) is 18.9 Å². The van der Waals surface area contributed by atoms with Gasteiger partial charge in [-0.25, -0.2) is 4.39 Å². The predicted octanol–water partition coefficient (Wildman–Crippen LogP) is 2.01. The average Bonchev–Trinajstić information content (AvgIpc) is 2.93. The maximum absolute atomic E-state index is 13.5. The number of nitrogens with one attached hydrogen (secondary N) is 2. The molecule has 0 radical (unpaired) electrons. The summed E-state index contributed by atoms with van der Waals surface area (Å²) in [5, 5.41) is 13.0. The molecule has 3 rings (SSSR count). The minimum Gasteiger partial charge on any atom is -0.388 e. The number of benzene rings is 1. The molecule has 5 nitrogen and oxygen atoms in total. The summed E-state index contributed by atoms with van der Waals surface area (Å²) < 4.78 is 13.5. The van der Waals surface area contributed by atoms with Crippen LogP contribution in [0.4, 0.5) is 4.39 Å². The van der Waals surface area contributed by atoms with Crippen molar-refractivity contribution >= 4 is 16.8 Å². The van der Waals surface area contributed by atoms with Crippen LogP contribution < -0.4 is 10.7 Å². The summed E-state index contributed by atoms with van der Waals surface area (Å²) in [5.41, 5.74) is -0.366. The van der Waals surface area contributed by atoms with Gasteiger partial charge in [0.1, 0.15) is 11.4 Å². The van der Waals surface area contributed by atoms with Crippen LogP contribution in [0.1, 0.15) is 41.6 Å². The van der Waals surface area contributed by atoms with Gasteiger partial charge in [-0.05, 0) is 37.5 Å². The monoisotopic (exact) mass is 318 g/mol. The van der Waals surface area contributed by atoms with Crippen molar-refractivity contribution in [2.75, 3.05) is 6.54 Å². The third-order valence-corrected chi connectivity index (χ3v) is 4.51. The van der Waals surface area contributed by atoms with Gasteiger partial charge in [0.25, 0.3) is 5.91 Å². The number of aryl methyl sites for hydroxylation is 1. The number of aliphatic hydroxyl groups is 1. The molecule has 1 fully saturated rings. The van der Waals surface area contributed by atoms with E-state index in [1.807, 2.05) is 0 Å². The van der Waals surface area contributed by atoms with E-state index >= 15 is 0 Å². The molecule has 1 aromatic carbocycles. The van der Waals surface area contributed by atoms with Crippen molar-refractivity contribution in [3.05, 3.63) is 45.5 Å². The van der Waals surface area contributed by atoms with E-state index in [-0.39, 0.29) is 17.5 Å². The molecule has 1 aliphatic rings. The highest BCUT2D eigenvalue weighted by atomic mass is 19.1. The largest absolute Gasteiger partial charge is 0.388 e. The molecule has 0 spiro atoms. The summed E-state index contributed by atoms with van der Waals surface area (Å²) in [5.74, 6) is -1.08. The maximum Gasteiger partial charge on any atom is 0.256 e. The summed E-state index contributed by atoms with van der Waals surface area (Å²) in [6.07, 6.45) is 4.49. The summed E-state index contributed by atoms with van der Waals surface area (Å²) in [6, 6.07) is 2.45. The quantitative estimate of drug-likeness (QED) is 0.809. The van der Waals surface area contributed by atoms with Gasteiger partial charge in [-0.2, -0.15) is 0 Å². The van der Waals surface area contributed by atoms with Crippen LogP contribution in [0.3, 0.4) is 0 Å². The van der Waals surface area contributed by atoms with Crippen molar-refractivity contribution in [2.24, 2.45) is 0 Å². The topological polar surface area (TPSA) is 82.2 Å². The van der Waals surface area contributed by atoms with Gasteiger partial charge in [0.15, 0.2) is 0 Å². The van der Waals surface area contributed by atoms with E-state index in [0.29, 0.717) is 23.9 Å². The number of aromatic nitrogens is 1. The zero-order valence-electron chi connectivity index (χ0n) is 12.9. The average molecular weight is 318 g/mol. The van der Waals surface area contributed by atoms with Crippen molar-refractivity contribution in [1.82, 2.24) is 10.3 Å². The van der Waals surface area contributed by atoms with Gasteiger partial charge in [0, 0.05) is 18.1 Å².